The van der Waals surface area contributed by atoms with Gasteiger partial charge in [0.25, 0.3) is 0 Å². The van der Waals surface area contributed by atoms with Gasteiger partial charge in [-0.3, -0.25) is 4.79 Å². The lowest BCUT2D eigenvalue weighted by atomic mass is 10.1. The summed E-state index contributed by atoms with van der Waals surface area (Å²) in [6.07, 6.45) is 1.45. The van der Waals surface area contributed by atoms with E-state index in [-0.39, 0.29) is 5.91 Å². The van der Waals surface area contributed by atoms with Gasteiger partial charge < -0.3 is 5.73 Å². The van der Waals surface area contributed by atoms with Gasteiger partial charge in [0, 0.05) is 6.42 Å². The smallest absolute Gasteiger partial charge is 0.217 e. The second kappa shape index (κ2) is 4.68. The largest absolute Gasteiger partial charge is 0.370 e. The average molecular weight is 147 g/mol. The summed E-state index contributed by atoms with van der Waals surface area (Å²) in [5, 5.41) is 0. The number of primary amides is 1. The van der Waals surface area contributed by atoms with Crippen LogP contribution in [-0.4, -0.2) is 11.7 Å². The Bertz CT molecular complexity index is 95.1. The van der Waals surface area contributed by atoms with E-state index in [1.54, 1.807) is 0 Å². The molecule has 1 atom stereocenters. The van der Waals surface area contributed by atoms with Gasteiger partial charge in [0.05, 0.1) is 0 Å². The molecule has 0 radical (unpaired) electrons. The van der Waals surface area contributed by atoms with Crippen molar-refractivity contribution in [2.24, 2.45) is 11.7 Å². The third kappa shape index (κ3) is 5.69. The predicted octanol–water partition coefficient (Wildman–Crippen LogP) is 0.818. The Morgan fingerprint density at radius 3 is 2.67 bits per heavy atom. The van der Waals surface area contributed by atoms with Gasteiger partial charge in [0.1, 0.15) is 0 Å². The minimum Gasteiger partial charge on any atom is -0.370 e. The SMILES string of the molecule is C[C@@H](CCS)CC(N)=O. The number of hydrogen-bond donors (Lipinski definition) is 2. The molecule has 0 spiro atoms. The van der Waals surface area contributed by atoms with Gasteiger partial charge in [-0.25, -0.2) is 0 Å². The Labute approximate surface area is 61.2 Å². The zero-order valence-corrected chi connectivity index (χ0v) is 6.53. The molecule has 0 rings (SSSR count). The maximum Gasteiger partial charge on any atom is 0.217 e. The third-order valence-electron chi connectivity index (χ3n) is 1.17. The molecule has 0 unspecified atom stereocenters. The van der Waals surface area contributed by atoms with Crippen molar-refractivity contribution in [2.75, 3.05) is 5.75 Å². The van der Waals surface area contributed by atoms with Crippen molar-refractivity contribution in [1.82, 2.24) is 0 Å². The maximum absolute atomic E-state index is 10.3. The Morgan fingerprint density at radius 2 is 2.33 bits per heavy atom. The van der Waals surface area contributed by atoms with Crippen molar-refractivity contribution < 1.29 is 4.79 Å². The molecule has 3 heteroatoms. The zero-order valence-electron chi connectivity index (χ0n) is 5.63. The molecule has 0 saturated heterocycles. The molecule has 0 aromatic carbocycles. The highest BCUT2D eigenvalue weighted by atomic mass is 32.1. The van der Waals surface area contributed by atoms with Crippen LogP contribution in [0.1, 0.15) is 19.8 Å². The molecule has 0 saturated carbocycles. The number of nitrogens with two attached hydrogens (primary N) is 1. The summed E-state index contributed by atoms with van der Waals surface area (Å²) < 4.78 is 0. The Balaban J connectivity index is 3.26. The van der Waals surface area contributed by atoms with Crippen molar-refractivity contribution in [3.05, 3.63) is 0 Å². The van der Waals surface area contributed by atoms with Crippen molar-refractivity contribution in [1.29, 1.82) is 0 Å². The lowest BCUT2D eigenvalue weighted by Crippen LogP contribution is -2.14. The summed E-state index contributed by atoms with van der Waals surface area (Å²) in [5.74, 6) is 0.998. The average Bonchev–Trinajstić information content (AvgIpc) is 1.63. The first-order valence-corrected chi connectivity index (χ1v) is 3.69. The molecule has 2 nitrogen and oxygen atoms in total. The summed E-state index contributed by atoms with van der Waals surface area (Å²) in [6, 6.07) is 0. The summed E-state index contributed by atoms with van der Waals surface area (Å²) in [5.41, 5.74) is 4.96. The van der Waals surface area contributed by atoms with Gasteiger partial charge in [-0.05, 0) is 18.1 Å². The first-order chi connectivity index (χ1) is 4.16. The van der Waals surface area contributed by atoms with Crippen LogP contribution < -0.4 is 5.73 Å². The molecule has 0 bridgehead atoms. The van der Waals surface area contributed by atoms with Gasteiger partial charge in [-0.15, -0.1) is 0 Å². The Hall–Kier alpha value is -0.180. The van der Waals surface area contributed by atoms with Crippen molar-refractivity contribution in [2.45, 2.75) is 19.8 Å². The molecule has 0 aromatic rings. The van der Waals surface area contributed by atoms with Gasteiger partial charge in [0.2, 0.25) is 5.91 Å². The van der Waals surface area contributed by atoms with Crippen LogP contribution in [0.25, 0.3) is 0 Å². The highest BCUT2D eigenvalue weighted by Gasteiger charge is 2.03. The highest BCUT2D eigenvalue weighted by molar-refractivity contribution is 7.80. The molecule has 9 heavy (non-hydrogen) atoms. The lowest BCUT2D eigenvalue weighted by molar-refractivity contribution is -0.118. The second-order valence-corrected chi connectivity index (χ2v) is 2.74. The van der Waals surface area contributed by atoms with Gasteiger partial charge >= 0.3 is 0 Å². The minimum absolute atomic E-state index is 0.218. The number of carbonyl (C=O) groups excluding carboxylic acids is 1. The first-order valence-electron chi connectivity index (χ1n) is 3.06. The topological polar surface area (TPSA) is 43.1 Å². The minimum atomic E-state index is -0.218. The van der Waals surface area contributed by atoms with Crippen LogP contribution in [0.4, 0.5) is 0 Å². The normalized spacial score (nSPS) is 13.1. The number of rotatable bonds is 4. The summed E-state index contributed by atoms with van der Waals surface area (Å²) in [6.45, 7) is 2.00. The van der Waals surface area contributed by atoms with Crippen LogP contribution in [0, 0.1) is 5.92 Å². The molecular weight excluding hydrogens is 134 g/mol. The lowest BCUT2D eigenvalue weighted by Gasteiger charge is -2.04. The van der Waals surface area contributed by atoms with E-state index in [1.807, 2.05) is 6.92 Å². The molecule has 0 aliphatic carbocycles. The Kier molecular flexibility index (Phi) is 4.58. The molecule has 0 aliphatic rings. The summed E-state index contributed by atoms with van der Waals surface area (Å²) in [7, 11) is 0. The van der Waals surface area contributed by atoms with E-state index in [2.05, 4.69) is 12.6 Å². The predicted molar refractivity (Wildman–Crippen MR) is 41.4 cm³/mol. The van der Waals surface area contributed by atoms with E-state index in [0.29, 0.717) is 12.3 Å². The Morgan fingerprint density at radius 1 is 1.78 bits per heavy atom. The molecule has 1 amide bonds. The van der Waals surface area contributed by atoms with Crippen LogP contribution >= 0.6 is 12.6 Å². The van der Waals surface area contributed by atoms with Gasteiger partial charge in [-0.1, -0.05) is 6.92 Å². The van der Waals surface area contributed by atoms with Crippen LogP contribution in [0.5, 0.6) is 0 Å². The molecule has 0 heterocycles. The molecule has 0 aromatic heterocycles. The van der Waals surface area contributed by atoms with E-state index in [9.17, 15) is 4.79 Å². The van der Waals surface area contributed by atoms with E-state index >= 15 is 0 Å². The van der Waals surface area contributed by atoms with E-state index < -0.39 is 0 Å². The van der Waals surface area contributed by atoms with Crippen molar-refractivity contribution in [3.63, 3.8) is 0 Å². The van der Waals surface area contributed by atoms with E-state index in [4.69, 9.17) is 5.73 Å². The molecule has 54 valence electrons. The second-order valence-electron chi connectivity index (χ2n) is 2.29. The van der Waals surface area contributed by atoms with Crippen LogP contribution in [-0.2, 0) is 4.79 Å². The van der Waals surface area contributed by atoms with Crippen LogP contribution in [0.3, 0.4) is 0 Å². The van der Waals surface area contributed by atoms with Crippen LogP contribution in [0.2, 0.25) is 0 Å². The number of amides is 1. The van der Waals surface area contributed by atoms with E-state index in [0.717, 1.165) is 12.2 Å². The fraction of sp³-hybridized carbons (Fsp3) is 0.833. The van der Waals surface area contributed by atoms with Crippen molar-refractivity contribution >= 4 is 18.5 Å². The molecular formula is C6H13NOS. The summed E-state index contributed by atoms with van der Waals surface area (Å²) >= 11 is 4.03. The number of carbonyl (C=O) groups is 1. The van der Waals surface area contributed by atoms with E-state index in [1.165, 1.54) is 0 Å². The molecule has 0 fully saturated rings. The third-order valence-corrected chi connectivity index (χ3v) is 1.43. The standard InChI is InChI=1S/C6H13NOS/c1-5(2-3-9)4-6(7)8/h5,9H,2-4H2,1H3,(H2,7,8)/t5-/m0/s1. The quantitative estimate of drug-likeness (QED) is 0.568. The fourth-order valence-corrected chi connectivity index (χ4v) is 1.11. The van der Waals surface area contributed by atoms with Gasteiger partial charge in [0.15, 0.2) is 0 Å². The highest BCUT2D eigenvalue weighted by Crippen LogP contribution is 2.06. The summed E-state index contributed by atoms with van der Waals surface area (Å²) in [4.78, 5) is 10.3. The van der Waals surface area contributed by atoms with Crippen LogP contribution in [0.15, 0.2) is 0 Å². The number of hydrogen-bond acceptors (Lipinski definition) is 2. The fourth-order valence-electron chi connectivity index (χ4n) is 0.666. The monoisotopic (exact) mass is 147 g/mol. The zero-order chi connectivity index (χ0) is 7.28. The van der Waals surface area contributed by atoms with Crippen molar-refractivity contribution in [3.8, 4) is 0 Å². The molecule has 0 aliphatic heterocycles. The number of thiol groups is 1. The van der Waals surface area contributed by atoms with Gasteiger partial charge in [-0.2, -0.15) is 12.6 Å². The first kappa shape index (κ1) is 8.82. The molecule has 2 N–H and O–H groups in total. The maximum atomic E-state index is 10.3.